The van der Waals surface area contributed by atoms with Crippen molar-refractivity contribution in [3.05, 3.63) is 92.0 Å². The minimum atomic E-state index is -1.22. The van der Waals surface area contributed by atoms with Gasteiger partial charge < -0.3 is 9.84 Å². The zero-order chi connectivity index (χ0) is 27.5. The van der Waals surface area contributed by atoms with Gasteiger partial charge in [0.1, 0.15) is 28.3 Å². The van der Waals surface area contributed by atoms with Gasteiger partial charge in [-0.05, 0) is 75.6 Å². The van der Waals surface area contributed by atoms with E-state index in [9.17, 15) is 14.3 Å². The Morgan fingerprint density at radius 3 is 2.67 bits per heavy atom. The number of rotatable bonds is 4. The second-order valence-corrected chi connectivity index (χ2v) is 10.9. The van der Waals surface area contributed by atoms with Gasteiger partial charge in [0, 0.05) is 24.2 Å². The highest BCUT2D eigenvalue weighted by molar-refractivity contribution is 6.31. The van der Waals surface area contributed by atoms with Gasteiger partial charge in [0.15, 0.2) is 11.6 Å². The lowest BCUT2D eigenvalue weighted by Gasteiger charge is -2.23. The first-order chi connectivity index (χ1) is 18.6. The number of aliphatic hydroxyl groups is 1. The molecule has 8 nitrogen and oxygen atoms in total. The van der Waals surface area contributed by atoms with Crippen LogP contribution in [-0.2, 0) is 24.9 Å². The lowest BCUT2D eigenvalue weighted by Crippen LogP contribution is -2.27. The molecule has 0 saturated carbocycles. The standard InChI is InChI=1S/C28H26ClF2N5O3/c1-28(2,38)21-9-10-35(34-21)26-23(31)25-16(13-33-26)5-3-4-6-18-12-20(22(29)27(37)36(18)25)39-19-8-7-15-11-17(30)14-32-24(15)19/h9-14,19,38H,3-8H2,1-2H3. The van der Waals surface area contributed by atoms with Gasteiger partial charge in [0.2, 0.25) is 0 Å². The van der Waals surface area contributed by atoms with E-state index in [0.29, 0.717) is 48.3 Å². The summed E-state index contributed by atoms with van der Waals surface area (Å²) in [7, 11) is 0. The van der Waals surface area contributed by atoms with Crippen LogP contribution in [0, 0.1) is 11.6 Å². The lowest BCUT2D eigenvalue weighted by atomic mass is 10.0. The Bertz CT molecular complexity index is 1660. The molecule has 0 saturated heterocycles. The Balaban J connectivity index is 1.45. The van der Waals surface area contributed by atoms with Crippen LogP contribution in [0.4, 0.5) is 8.78 Å². The molecular weight excluding hydrogens is 528 g/mol. The van der Waals surface area contributed by atoms with E-state index in [1.165, 1.54) is 21.5 Å². The van der Waals surface area contributed by atoms with Crippen LogP contribution in [0.5, 0.6) is 5.75 Å². The summed E-state index contributed by atoms with van der Waals surface area (Å²) in [6.45, 7) is 3.17. The Morgan fingerprint density at radius 1 is 1.10 bits per heavy atom. The van der Waals surface area contributed by atoms with Crippen LogP contribution in [0.3, 0.4) is 0 Å². The number of hydrogen-bond acceptors (Lipinski definition) is 6. The van der Waals surface area contributed by atoms with Gasteiger partial charge in [-0.1, -0.05) is 11.6 Å². The molecule has 0 bridgehead atoms. The molecule has 1 N–H and O–H groups in total. The molecule has 39 heavy (non-hydrogen) atoms. The van der Waals surface area contributed by atoms with E-state index in [-0.39, 0.29) is 22.3 Å². The van der Waals surface area contributed by atoms with E-state index in [4.69, 9.17) is 16.3 Å². The fourth-order valence-electron chi connectivity index (χ4n) is 5.28. The van der Waals surface area contributed by atoms with E-state index in [2.05, 4.69) is 15.1 Å². The average Bonchev–Trinajstić information content (AvgIpc) is 3.52. The predicted octanol–water partition coefficient (Wildman–Crippen LogP) is 4.92. The van der Waals surface area contributed by atoms with Crippen LogP contribution in [0.2, 0.25) is 5.02 Å². The van der Waals surface area contributed by atoms with Crippen LogP contribution < -0.4 is 10.3 Å². The summed E-state index contributed by atoms with van der Waals surface area (Å²) in [5.74, 6) is -1.04. The van der Waals surface area contributed by atoms with Crippen LogP contribution in [0.25, 0.3) is 11.5 Å². The number of hydrogen-bond donors (Lipinski definition) is 1. The topological polar surface area (TPSA) is 95.1 Å². The third-order valence-corrected chi connectivity index (χ3v) is 7.59. The molecular formula is C28H26ClF2N5O3. The first-order valence-corrected chi connectivity index (χ1v) is 13.2. The molecule has 1 atom stereocenters. The Labute approximate surface area is 227 Å². The van der Waals surface area contributed by atoms with E-state index >= 15 is 4.39 Å². The van der Waals surface area contributed by atoms with Crippen molar-refractivity contribution in [3.63, 3.8) is 0 Å². The molecule has 6 rings (SSSR count). The fourth-order valence-corrected chi connectivity index (χ4v) is 5.46. The summed E-state index contributed by atoms with van der Waals surface area (Å²) in [5.41, 5.74) is 1.13. The highest BCUT2D eigenvalue weighted by Gasteiger charge is 2.30. The first-order valence-electron chi connectivity index (χ1n) is 12.8. The fraction of sp³-hybridized carbons (Fsp3) is 0.357. The third-order valence-electron chi connectivity index (χ3n) is 7.25. The highest BCUT2D eigenvalue weighted by Crippen LogP contribution is 2.37. The number of aryl methyl sites for hydroxylation is 3. The van der Waals surface area contributed by atoms with Crippen molar-refractivity contribution in [2.45, 2.75) is 64.1 Å². The maximum Gasteiger partial charge on any atom is 0.278 e. The molecule has 4 aromatic rings. The molecule has 1 unspecified atom stereocenters. The molecule has 4 aromatic heterocycles. The van der Waals surface area contributed by atoms with Crippen molar-refractivity contribution >= 4 is 11.6 Å². The molecule has 11 heteroatoms. The largest absolute Gasteiger partial charge is 0.482 e. The van der Waals surface area contributed by atoms with Gasteiger partial charge >= 0.3 is 0 Å². The van der Waals surface area contributed by atoms with Gasteiger partial charge in [-0.25, -0.2) is 18.4 Å². The van der Waals surface area contributed by atoms with E-state index in [0.717, 1.165) is 24.6 Å². The monoisotopic (exact) mass is 553 g/mol. The second-order valence-electron chi connectivity index (χ2n) is 10.5. The SMILES string of the molecule is CC(C)(O)c1ccn(-c2ncc3c(c2F)-n2c(cc(OC4CCc5cc(F)cnc54)c(Cl)c2=O)CCCC3)n1. The Kier molecular flexibility index (Phi) is 6.27. The minimum Gasteiger partial charge on any atom is -0.482 e. The van der Waals surface area contributed by atoms with E-state index < -0.39 is 28.9 Å². The minimum absolute atomic E-state index is 0.0804. The lowest BCUT2D eigenvalue weighted by molar-refractivity contribution is 0.0734. The van der Waals surface area contributed by atoms with Gasteiger partial charge in [-0.3, -0.25) is 14.3 Å². The molecule has 1 aliphatic heterocycles. The predicted molar refractivity (Wildman–Crippen MR) is 140 cm³/mol. The molecule has 0 aromatic carbocycles. The van der Waals surface area contributed by atoms with Gasteiger partial charge in [0.05, 0.1) is 23.3 Å². The molecule has 0 spiro atoms. The number of nitrogens with zero attached hydrogens (tertiary/aromatic N) is 5. The molecule has 202 valence electrons. The second kappa shape index (κ2) is 9.53. The maximum absolute atomic E-state index is 16.2. The van der Waals surface area contributed by atoms with E-state index in [1.54, 1.807) is 32.2 Å². The molecule has 0 amide bonds. The normalized spacial score (nSPS) is 16.7. The Morgan fingerprint density at radius 2 is 1.90 bits per heavy atom. The summed E-state index contributed by atoms with van der Waals surface area (Å²) in [5, 5.41) is 14.4. The quantitative estimate of drug-likeness (QED) is 0.385. The van der Waals surface area contributed by atoms with Crippen LogP contribution in [0.1, 0.15) is 67.4 Å². The number of fused-ring (bicyclic) bond motifs is 4. The van der Waals surface area contributed by atoms with Crippen molar-refractivity contribution in [1.29, 1.82) is 0 Å². The molecule has 5 heterocycles. The van der Waals surface area contributed by atoms with Crippen LogP contribution in [0.15, 0.2) is 41.6 Å². The molecule has 0 radical (unpaired) electrons. The van der Waals surface area contributed by atoms with Gasteiger partial charge in [-0.15, -0.1) is 0 Å². The van der Waals surface area contributed by atoms with Gasteiger partial charge in [0.25, 0.3) is 5.56 Å². The smallest absolute Gasteiger partial charge is 0.278 e. The van der Waals surface area contributed by atoms with Crippen molar-refractivity contribution in [3.8, 4) is 17.3 Å². The number of aromatic nitrogens is 5. The zero-order valence-electron chi connectivity index (χ0n) is 21.4. The zero-order valence-corrected chi connectivity index (χ0v) is 22.2. The van der Waals surface area contributed by atoms with Crippen LogP contribution >= 0.6 is 11.6 Å². The van der Waals surface area contributed by atoms with Crippen molar-refractivity contribution < 1.29 is 18.6 Å². The Hall–Kier alpha value is -3.63. The van der Waals surface area contributed by atoms with Crippen molar-refractivity contribution in [1.82, 2.24) is 24.3 Å². The molecule has 1 aliphatic carbocycles. The number of halogens is 3. The van der Waals surface area contributed by atoms with Crippen molar-refractivity contribution in [2.75, 3.05) is 0 Å². The highest BCUT2D eigenvalue weighted by atomic mass is 35.5. The van der Waals surface area contributed by atoms with E-state index in [1.807, 2.05) is 0 Å². The number of ether oxygens (including phenoxy) is 1. The average molecular weight is 554 g/mol. The first kappa shape index (κ1) is 25.6. The third kappa shape index (κ3) is 4.51. The summed E-state index contributed by atoms with van der Waals surface area (Å²) in [6, 6.07) is 4.71. The van der Waals surface area contributed by atoms with Crippen LogP contribution in [-0.4, -0.2) is 29.4 Å². The summed E-state index contributed by atoms with van der Waals surface area (Å²) in [6.07, 6.45) is 7.50. The summed E-state index contributed by atoms with van der Waals surface area (Å²) in [4.78, 5) is 22.2. The van der Waals surface area contributed by atoms with Crippen molar-refractivity contribution in [2.24, 2.45) is 0 Å². The maximum atomic E-state index is 16.2. The summed E-state index contributed by atoms with van der Waals surface area (Å²) < 4.78 is 38.6. The molecule has 2 aliphatic rings. The van der Waals surface area contributed by atoms with Gasteiger partial charge in [-0.2, -0.15) is 5.10 Å². The summed E-state index contributed by atoms with van der Waals surface area (Å²) >= 11 is 6.56. The molecule has 0 fully saturated rings. The number of pyridine rings is 3.